The van der Waals surface area contributed by atoms with Crippen LogP contribution in [0.1, 0.15) is 30.4 Å². The zero-order valence-corrected chi connectivity index (χ0v) is 13.1. The van der Waals surface area contributed by atoms with Gasteiger partial charge >= 0.3 is 0 Å². The molecule has 2 saturated heterocycles. The zero-order valence-electron chi connectivity index (χ0n) is 13.1. The van der Waals surface area contributed by atoms with Crippen molar-refractivity contribution in [2.75, 3.05) is 32.8 Å². The highest BCUT2D eigenvalue weighted by Crippen LogP contribution is 2.37. The Morgan fingerprint density at radius 1 is 1.27 bits per heavy atom. The molecule has 1 aromatic rings. The fourth-order valence-electron chi connectivity index (χ4n) is 4.09. The lowest BCUT2D eigenvalue weighted by Gasteiger charge is -2.39. The molecule has 0 aliphatic carbocycles. The largest absolute Gasteiger partial charge is 0.493 e. The third kappa shape index (κ3) is 2.60. The van der Waals surface area contributed by atoms with Gasteiger partial charge in [0.1, 0.15) is 5.75 Å². The topological polar surface area (TPSA) is 41.6 Å². The first-order valence-electron chi connectivity index (χ1n) is 8.47. The number of fused-ring (bicyclic) bond motifs is 1. The molecule has 0 bridgehead atoms. The molecule has 4 rings (SSSR count). The molecule has 4 heteroatoms. The van der Waals surface area contributed by atoms with E-state index in [0.717, 1.165) is 63.4 Å². The summed E-state index contributed by atoms with van der Waals surface area (Å²) in [6.07, 6.45) is 5.09. The highest BCUT2D eigenvalue weighted by Gasteiger charge is 2.37. The van der Waals surface area contributed by atoms with Crippen LogP contribution in [-0.2, 0) is 17.6 Å². The molecule has 1 spiro atoms. The lowest BCUT2D eigenvalue weighted by molar-refractivity contribution is -0.132. The van der Waals surface area contributed by atoms with Gasteiger partial charge in [-0.25, -0.2) is 0 Å². The predicted molar refractivity (Wildman–Crippen MR) is 85.1 cm³/mol. The molecule has 3 heterocycles. The maximum absolute atomic E-state index is 12.6. The molecule has 4 nitrogen and oxygen atoms in total. The summed E-state index contributed by atoms with van der Waals surface area (Å²) < 4.78 is 5.53. The summed E-state index contributed by atoms with van der Waals surface area (Å²) in [6.45, 7) is 4.91. The summed E-state index contributed by atoms with van der Waals surface area (Å²) in [7, 11) is 0. The Morgan fingerprint density at radius 3 is 2.91 bits per heavy atom. The van der Waals surface area contributed by atoms with E-state index in [9.17, 15) is 4.79 Å². The Kier molecular flexibility index (Phi) is 3.57. The van der Waals surface area contributed by atoms with Crippen LogP contribution in [0.5, 0.6) is 5.75 Å². The molecule has 1 N–H and O–H groups in total. The van der Waals surface area contributed by atoms with Gasteiger partial charge < -0.3 is 15.0 Å². The van der Waals surface area contributed by atoms with Gasteiger partial charge in [0, 0.05) is 26.1 Å². The van der Waals surface area contributed by atoms with Crippen molar-refractivity contribution < 1.29 is 9.53 Å². The first-order chi connectivity index (χ1) is 10.7. The molecule has 2 fully saturated rings. The zero-order chi connectivity index (χ0) is 15.0. The Bertz CT molecular complexity index is 568. The smallest absolute Gasteiger partial charge is 0.226 e. The van der Waals surface area contributed by atoms with Crippen LogP contribution in [0.4, 0.5) is 0 Å². The Morgan fingerprint density at radius 2 is 2.14 bits per heavy atom. The van der Waals surface area contributed by atoms with Crippen LogP contribution < -0.4 is 10.1 Å². The van der Waals surface area contributed by atoms with Crippen molar-refractivity contribution in [2.45, 2.75) is 32.1 Å². The number of carbonyl (C=O) groups excluding carboxylic acids is 1. The summed E-state index contributed by atoms with van der Waals surface area (Å²) in [5, 5.41) is 3.48. The number of rotatable bonds is 2. The number of carbonyl (C=O) groups is 1. The van der Waals surface area contributed by atoms with Crippen LogP contribution in [-0.4, -0.2) is 43.6 Å². The number of benzene rings is 1. The van der Waals surface area contributed by atoms with Crippen molar-refractivity contribution in [1.29, 1.82) is 0 Å². The number of nitrogens with zero attached hydrogens (tertiary/aromatic N) is 1. The first kappa shape index (κ1) is 14.1. The minimum atomic E-state index is 0.277. The monoisotopic (exact) mass is 300 g/mol. The Hall–Kier alpha value is -1.55. The van der Waals surface area contributed by atoms with E-state index < -0.39 is 0 Å². The summed E-state index contributed by atoms with van der Waals surface area (Å²) in [5.41, 5.74) is 2.85. The van der Waals surface area contributed by atoms with Crippen LogP contribution in [0.2, 0.25) is 0 Å². The maximum Gasteiger partial charge on any atom is 0.226 e. The van der Waals surface area contributed by atoms with Crippen LogP contribution in [0.25, 0.3) is 0 Å². The molecule has 1 aromatic carbocycles. The van der Waals surface area contributed by atoms with E-state index in [1.54, 1.807) is 0 Å². The van der Waals surface area contributed by atoms with E-state index in [1.165, 1.54) is 12.0 Å². The summed E-state index contributed by atoms with van der Waals surface area (Å²) in [6, 6.07) is 6.20. The predicted octanol–water partition coefficient (Wildman–Crippen LogP) is 1.77. The van der Waals surface area contributed by atoms with E-state index in [2.05, 4.69) is 16.3 Å². The number of ether oxygens (including phenoxy) is 1. The number of hydrogen-bond acceptors (Lipinski definition) is 3. The van der Waals surface area contributed by atoms with Gasteiger partial charge in [-0.2, -0.15) is 0 Å². The molecular formula is C18H24N2O2. The van der Waals surface area contributed by atoms with E-state index in [4.69, 9.17) is 4.74 Å². The van der Waals surface area contributed by atoms with Crippen LogP contribution in [0.3, 0.4) is 0 Å². The van der Waals surface area contributed by atoms with Gasteiger partial charge in [0.05, 0.1) is 13.0 Å². The summed E-state index contributed by atoms with van der Waals surface area (Å²) in [4.78, 5) is 14.6. The summed E-state index contributed by atoms with van der Waals surface area (Å²) >= 11 is 0. The fourth-order valence-corrected chi connectivity index (χ4v) is 4.09. The molecule has 22 heavy (non-hydrogen) atoms. The van der Waals surface area contributed by atoms with Crippen molar-refractivity contribution in [3.05, 3.63) is 29.3 Å². The molecule has 0 aromatic heterocycles. The van der Waals surface area contributed by atoms with Gasteiger partial charge in [-0.05, 0) is 48.4 Å². The van der Waals surface area contributed by atoms with Gasteiger partial charge in [-0.3, -0.25) is 4.79 Å². The van der Waals surface area contributed by atoms with Crippen molar-refractivity contribution >= 4 is 5.91 Å². The minimum absolute atomic E-state index is 0.277. The normalized spacial score (nSPS) is 22.6. The Labute approximate surface area is 131 Å². The number of nitrogens with one attached hydrogen (secondary N) is 1. The van der Waals surface area contributed by atoms with Crippen molar-refractivity contribution in [3.8, 4) is 5.75 Å². The molecule has 0 atom stereocenters. The second-order valence-electron chi connectivity index (χ2n) is 7.02. The van der Waals surface area contributed by atoms with E-state index in [-0.39, 0.29) is 5.91 Å². The first-order valence-corrected chi connectivity index (χ1v) is 8.47. The highest BCUT2D eigenvalue weighted by atomic mass is 16.5. The average molecular weight is 300 g/mol. The quantitative estimate of drug-likeness (QED) is 0.905. The van der Waals surface area contributed by atoms with Gasteiger partial charge in [-0.1, -0.05) is 12.1 Å². The van der Waals surface area contributed by atoms with Crippen molar-refractivity contribution in [3.63, 3.8) is 0 Å². The second-order valence-corrected chi connectivity index (χ2v) is 7.02. The number of likely N-dealkylation sites (tertiary alicyclic amines) is 1. The molecule has 3 aliphatic heterocycles. The molecular weight excluding hydrogens is 276 g/mol. The lowest BCUT2D eigenvalue weighted by Crippen LogP contribution is -2.44. The van der Waals surface area contributed by atoms with E-state index in [0.29, 0.717) is 11.8 Å². The van der Waals surface area contributed by atoms with Gasteiger partial charge in [0.25, 0.3) is 0 Å². The van der Waals surface area contributed by atoms with Crippen LogP contribution >= 0.6 is 0 Å². The molecule has 0 saturated carbocycles. The van der Waals surface area contributed by atoms with Crippen molar-refractivity contribution in [1.82, 2.24) is 10.2 Å². The van der Waals surface area contributed by atoms with Crippen LogP contribution in [0, 0.1) is 5.41 Å². The fraction of sp³-hybridized carbons (Fsp3) is 0.611. The third-order valence-corrected chi connectivity index (χ3v) is 5.62. The average Bonchev–Trinajstić information content (AvgIpc) is 3.17. The molecule has 0 unspecified atom stereocenters. The SMILES string of the molecule is O=C(Cc1ccc2c(c1)CCO2)N1CCC2(CCNC2)CC1. The lowest BCUT2D eigenvalue weighted by atomic mass is 9.78. The minimum Gasteiger partial charge on any atom is -0.493 e. The molecule has 3 aliphatic rings. The standard InChI is InChI=1S/C18H24N2O2/c21-17(12-14-1-2-16-15(11-14)3-10-22-16)20-8-5-18(6-9-20)4-7-19-13-18/h1-2,11,19H,3-10,12-13H2. The van der Waals surface area contributed by atoms with Gasteiger partial charge in [0.15, 0.2) is 0 Å². The van der Waals surface area contributed by atoms with Gasteiger partial charge in [-0.15, -0.1) is 0 Å². The van der Waals surface area contributed by atoms with E-state index in [1.807, 2.05) is 12.1 Å². The number of amides is 1. The summed E-state index contributed by atoms with van der Waals surface area (Å²) in [5.74, 6) is 1.27. The second kappa shape index (κ2) is 5.58. The highest BCUT2D eigenvalue weighted by molar-refractivity contribution is 5.79. The molecule has 0 radical (unpaired) electrons. The number of hydrogen-bond donors (Lipinski definition) is 1. The van der Waals surface area contributed by atoms with Crippen LogP contribution in [0.15, 0.2) is 18.2 Å². The molecule has 118 valence electrons. The molecule has 1 amide bonds. The Balaban J connectivity index is 1.36. The van der Waals surface area contributed by atoms with Gasteiger partial charge in [0.2, 0.25) is 5.91 Å². The third-order valence-electron chi connectivity index (χ3n) is 5.62. The number of piperidine rings is 1. The van der Waals surface area contributed by atoms with E-state index >= 15 is 0 Å². The maximum atomic E-state index is 12.6. The van der Waals surface area contributed by atoms with Crippen molar-refractivity contribution in [2.24, 2.45) is 5.41 Å².